The van der Waals surface area contributed by atoms with Crippen molar-refractivity contribution in [2.24, 2.45) is 0 Å². The second kappa shape index (κ2) is 8.27. The fraction of sp³-hybridized carbons (Fsp3) is 0.100. The van der Waals surface area contributed by atoms with Crippen LogP contribution in [0.15, 0.2) is 60.9 Å². The molecule has 4 aromatic rings. The van der Waals surface area contributed by atoms with E-state index < -0.39 is 18.9 Å². The molecule has 3 heterocycles. The van der Waals surface area contributed by atoms with Gasteiger partial charge < -0.3 is 10.1 Å². The number of nitrogens with one attached hydrogen (secondary N) is 1. The molecule has 0 unspecified atom stereocenters. The summed E-state index contributed by atoms with van der Waals surface area (Å²) in [6.07, 6.45) is 0.348. The molecule has 0 fully saturated rings. The van der Waals surface area contributed by atoms with E-state index in [-0.39, 0.29) is 11.4 Å². The van der Waals surface area contributed by atoms with Gasteiger partial charge in [0.25, 0.3) is 12.3 Å². The highest BCUT2D eigenvalue weighted by molar-refractivity contribution is 7.21. The Morgan fingerprint density at radius 1 is 1.14 bits per heavy atom. The molecule has 0 atom stereocenters. The topological polar surface area (TPSA) is 77.0 Å². The molecule has 1 N–H and O–H groups in total. The molecule has 0 saturated carbocycles. The third kappa shape index (κ3) is 4.52. The number of para-hydroxylation sites is 1. The van der Waals surface area contributed by atoms with Gasteiger partial charge in [0.2, 0.25) is 0 Å². The Labute approximate surface area is 168 Å². The first-order valence-electron chi connectivity index (χ1n) is 8.59. The lowest BCUT2D eigenvalue weighted by molar-refractivity contribution is 0.0818. The highest BCUT2D eigenvalue weighted by atomic mass is 32.1. The predicted octanol–water partition coefficient (Wildman–Crippen LogP) is 4.65. The number of hydrogen-bond acceptors (Lipinski definition) is 6. The van der Waals surface area contributed by atoms with Crippen molar-refractivity contribution < 1.29 is 18.3 Å². The monoisotopic (exact) mass is 412 g/mol. The molecule has 6 nitrogen and oxygen atoms in total. The van der Waals surface area contributed by atoms with Crippen LogP contribution in [0.25, 0.3) is 20.8 Å². The predicted molar refractivity (Wildman–Crippen MR) is 107 cm³/mol. The van der Waals surface area contributed by atoms with E-state index in [0.29, 0.717) is 5.82 Å². The van der Waals surface area contributed by atoms with Gasteiger partial charge in [0.15, 0.2) is 0 Å². The maximum Gasteiger partial charge on any atom is 0.275 e. The largest absolute Gasteiger partial charge is 0.488 e. The number of aromatic nitrogens is 3. The van der Waals surface area contributed by atoms with Crippen molar-refractivity contribution >= 4 is 33.3 Å². The molecule has 0 radical (unpaired) electrons. The molecule has 29 heavy (non-hydrogen) atoms. The molecular weight excluding hydrogens is 398 g/mol. The SMILES string of the molecule is O=C(Nc1ccc(-c2nc3ccccc3s2)cn1)c1cc(OCC(F)F)ccn1. The van der Waals surface area contributed by atoms with Crippen molar-refractivity contribution in [1.82, 2.24) is 15.0 Å². The fourth-order valence-electron chi connectivity index (χ4n) is 2.55. The number of nitrogens with zero attached hydrogens (tertiary/aromatic N) is 3. The summed E-state index contributed by atoms with van der Waals surface area (Å²) < 4.78 is 30.5. The maximum atomic E-state index is 12.3. The van der Waals surface area contributed by atoms with Gasteiger partial charge in [-0.15, -0.1) is 11.3 Å². The van der Waals surface area contributed by atoms with E-state index in [4.69, 9.17) is 4.74 Å². The Hall–Kier alpha value is -3.46. The molecule has 0 saturated heterocycles. The second-order valence-electron chi connectivity index (χ2n) is 5.95. The first kappa shape index (κ1) is 18.9. The zero-order valence-electron chi connectivity index (χ0n) is 14.9. The number of carbonyl (C=O) groups is 1. The zero-order chi connectivity index (χ0) is 20.2. The molecule has 1 aromatic carbocycles. The van der Waals surface area contributed by atoms with Gasteiger partial charge in [-0.05, 0) is 30.3 Å². The molecular formula is C20H14F2N4O2S. The van der Waals surface area contributed by atoms with Crippen LogP contribution in [0.1, 0.15) is 10.5 Å². The zero-order valence-corrected chi connectivity index (χ0v) is 15.7. The van der Waals surface area contributed by atoms with Gasteiger partial charge in [-0.2, -0.15) is 0 Å². The number of carbonyl (C=O) groups excluding carboxylic acids is 1. The fourth-order valence-corrected chi connectivity index (χ4v) is 3.51. The van der Waals surface area contributed by atoms with Gasteiger partial charge in [-0.1, -0.05) is 12.1 Å². The molecule has 0 spiro atoms. The normalized spacial score (nSPS) is 11.0. The lowest BCUT2D eigenvalue weighted by Gasteiger charge is -2.07. The summed E-state index contributed by atoms with van der Waals surface area (Å²) in [7, 11) is 0. The molecule has 3 aromatic heterocycles. The first-order valence-corrected chi connectivity index (χ1v) is 9.40. The van der Waals surface area contributed by atoms with Crippen LogP contribution in [0.2, 0.25) is 0 Å². The smallest absolute Gasteiger partial charge is 0.275 e. The number of benzene rings is 1. The van der Waals surface area contributed by atoms with Crippen molar-refractivity contribution in [2.45, 2.75) is 6.43 Å². The van der Waals surface area contributed by atoms with E-state index in [1.807, 2.05) is 30.3 Å². The number of fused-ring (bicyclic) bond motifs is 1. The van der Waals surface area contributed by atoms with E-state index >= 15 is 0 Å². The summed E-state index contributed by atoms with van der Waals surface area (Å²) in [5.41, 5.74) is 1.79. The first-order chi connectivity index (χ1) is 14.1. The van der Waals surface area contributed by atoms with Gasteiger partial charge in [0, 0.05) is 24.0 Å². The van der Waals surface area contributed by atoms with E-state index in [9.17, 15) is 13.6 Å². The number of hydrogen-bond donors (Lipinski definition) is 1. The van der Waals surface area contributed by atoms with Crippen LogP contribution >= 0.6 is 11.3 Å². The summed E-state index contributed by atoms with van der Waals surface area (Å²) in [5, 5.41) is 3.46. The molecule has 4 rings (SSSR count). The number of alkyl halides is 2. The minimum atomic E-state index is -2.60. The molecule has 0 aliphatic carbocycles. The summed E-state index contributed by atoms with van der Waals surface area (Å²) >= 11 is 1.56. The molecule has 9 heteroatoms. The Bertz CT molecular complexity index is 1120. The summed E-state index contributed by atoms with van der Waals surface area (Å²) in [5.74, 6) is -0.0436. The summed E-state index contributed by atoms with van der Waals surface area (Å²) in [6.45, 7) is -0.750. The van der Waals surface area contributed by atoms with Crippen molar-refractivity contribution in [3.05, 3.63) is 66.6 Å². The number of thiazole rings is 1. The van der Waals surface area contributed by atoms with Crippen LogP contribution in [0.3, 0.4) is 0 Å². The van der Waals surface area contributed by atoms with E-state index in [1.165, 1.54) is 18.3 Å². The molecule has 1 amide bonds. The molecule has 0 bridgehead atoms. The average Bonchev–Trinajstić information content (AvgIpc) is 3.17. The standard InChI is InChI=1S/C20H14F2N4O2S/c21-17(22)11-28-13-7-8-23-15(9-13)19(27)26-18-6-5-12(10-24-18)20-25-14-3-1-2-4-16(14)29-20/h1-10,17H,11H2,(H,24,26,27). The van der Waals surface area contributed by atoms with Crippen molar-refractivity contribution in [1.29, 1.82) is 0 Å². The van der Waals surface area contributed by atoms with Crippen LogP contribution in [0.5, 0.6) is 5.75 Å². The number of anilines is 1. The van der Waals surface area contributed by atoms with Crippen LogP contribution in [0.4, 0.5) is 14.6 Å². The van der Waals surface area contributed by atoms with E-state index in [1.54, 1.807) is 23.6 Å². The van der Waals surface area contributed by atoms with Crippen molar-refractivity contribution in [3.8, 4) is 16.3 Å². The van der Waals surface area contributed by atoms with E-state index in [0.717, 1.165) is 20.8 Å². The van der Waals surface area contributed by atoms with Gasteiger partial charge >= 0.3 is 0 Å². The Balaban J connectivity index is 1.46. The van der Waals surface area contributed by atoms with Crippen molar-refractivity contribution in [2.75, 3.05) is 11.9 Å². The van der Waals surface area contributed by atoms with E-state index in [2.05, 4.69) is 20.3 Å². The third-order valence-corrected chi connectivity index (χ3v) is 4.97. The van der Waals surface area contributed by atoms with Gasteiger partial charge in [-0.25, -0.2) is 18.7 Å². The van der Waals surface area contributed by atoms with Crippen LogP contribution in [-0.4, -0.2) is 33.9 Å². The highest BCUT2D eigenvalue weighted by Crippen LogP contribution is 2.29. The minimum absolute atomic E-state index is 0.0359. The Kier molecular flexibility index (Phi) is 5.39. The lowest BCUT2D eigenvalue weighted by atomic mass is 10.3. The number of amides is 1. The van der Waals surface area contributed by atoms with Gasteiger partial charge in [0.05, 0.1) is 10.2 Å². The Morgan fingerprint density at radius 2 is 2.00 bits per heavy atom. The molecule has 0 aliphatic heterocycles. The number of rotatable bonds is 6. The average molecular weight is 412 g/mol. The second-order valence-corrected chi connectivity index (χ2v) is 6.98. The molecule has 146 valence electrons. The van der Waals surface area contributed by atoms with Gasteiger partial charge in [-0.3, -0.25) is 9.78 Å². The highest BCUT2D eigenvalue weighted by Gasteiger charge is 2.12. The number of halogens is 2. The minimum Gasteiger partial charge on any atom is -0.488 e. The van der Waals surface area contributed by atoms with Crippen molar-refractivity contribution in [3.63, 3.8) is 0 Å². The summed E-state index contributed by atoms with van der Waals surface area (Å²) in [6, 6.07) is 14.0. The number of ether oxygens (including phenoxy) is 1. The molecule has 0 aliphatic rings. The third-order valence-electron chi connectivity index (χ3n) is 3.89. The quantitative estimate of drug-likeness (QED) is 0.499. The lowest BCUT2D eigenvalue weighted by Crippen LogP contribution is -2.15. The van der Waals surface area contributed by atoms with Crippen LogP contribution in [0, 0.1) is 0 Å². The van der Waals surface area contributed by atoms with Crippen LogP contribution < -0.4 is 10.1 Å². The van der Waals surface area contributed by atoms with Gasteiger partial charge in [0.1, 0.15) is 28.9 Å². The number of pyridine rings is 2. The van der Waals surface area contributed by atoms with Crippen LogP contribution in [-0.2, 0) is 0 Å². The maximum absolute atomic E-state index is 12.3. The Morgan fingerprint density at radius 3 is 2.76 bits per heavy atom. The summed E-state index contributed by atoms with van der Waals surface area (Å²) in [4.78, 5) is 25.1.